The van der Waals surface area contributed by atoms with Crippen molar-refractivity contribution in [2.24, 2.45) is 0 Å². The number of nitrogens with one attached hydrogen (secondary N) is 1. The van der Waals surface area contributed by atoms with Gasteiger partial charge >= 0.3 is 0 Å². The Morgan fingerprint density at radius 1 is 1.26 bits per heavy atom. The second-order valence-corrected chi connectivity index (χ2v) is 7.61. The number of hydrogen-bond acceptors (Lipinski definition) is 6. The summed E-state index contributed by atoms with van der Waals surface area (Å²) >= 11 is 1.51. The molecular formula is C15H14N2O4S2. The number of phenols is 1. The van der Waals surface area contributed by atoms with Gasteiger partial charge in [-0.3, -0.25) is 0 Å². The van der Waals surface area contributed by atoms with E-state index in [9.17, 15) is 13.5 Å². The molecule has 0 atom stereocenters. The SMILES string of the molecule is Cc1nc(-c2ccc(CNS(=O)(=O)c3ccccc3O)o2)cs1. The molecule has 0 aliphatic heterocycles. The number of rotatable bonds is 5. The molecule has 0 spiro atoms. The number of aryl methyl sites for hydroxylation is 1. The van der Waals surface area contributed by atoms with Crippen molar-refractivity contribution in [3.05, 3.63) is 52.5 Å². The summed E-state index contributed by atoms with van der Waals surface area (Å²) in [5.74, 6) is 0.758. The van der Waals surface area contributed by atoms with E-state index in [1.807, 2.05) is 12.3 Å². The monoisotopic (exact) mass is 350 g/mol. The van der Waals surface area contributed by atoms with Gasteiger partial charge in [0.05, 0.1) is 11.6 Å². The lowest BCUT2D eigenvalue weighted by atomic mass is 10.3. The summed E-state index contributed by atoms with van der Waals surface area (Å²) in [6.07, 6.45) is 0. The van der Waals surface area contributed by atoms with E-state index < -0.39 is 10.0 Å². The van der Waals surface area contributed by atoms with Crippen molar-refractivity contribution in [3.63, 3.8) is 0 Å². The van der Waals surface area contributed by atoms with E-state index in [4.69, 9.17) is 4.42 Å². The molecule has 1 aromatic carbocycles. The number of nitrogens with zero attached hydrogens (tertiary/aromatic N) is 1. The Bertz CT molecular complexity index is 928. The molecule has 6 nitrogen and oxygen atoms in total. The predicted octanol–water partition coefficient (Wildman–Crippen LogP) is 2.90. The molecule has 0 bridgehead atoms. The Morgan fingerprint density at radius 3 is 2.74 bits per heavy atom. The van der Waals surface area contributed by atoms with Gasteiger partial charge in [0.1, 0.15) is 22.1 Å². The highest BCUT2D eigenvalue weighted by molar-refractivity contribution is 7.89. The summed E-state index contributed by atoms with van der Waals surface area (Å²) in [6, 6.07) is 9.20. The average Bonchev–Trinajstić information content (AvgIpc) is 3.14. The van der Waals surface area contributed by atoms with Crippen molar-refractivity contribution in [2.45, 2.75) is 18.4 Å². The molecule has 0 amide bonds. The second kappa shape index (κ2) is 6.15. The van der Waals surface area contributed by atoms with Gasteiger partial charge in [0.2, 0.25) is 10.0 Å². The normalized spacial score (nSPS) is 11.7. The van der Waals surface area contributed by atoms with Gasteiger partial charge in [-0.25, -0.2) is 18.1 Å². The molecule has 2 heterocycles. The lowest BCUT2D eigenvalue weighted by Gasteiger charge is -2.06. The van der Waals surface area contributed by atoms with Crippen LogP contribution in [-0.4, -0.2) is 18.5 Å². The third kappa shape index (κ3) is 3.44. The Labute approximate surface area is 137 Å². The summed E-state index contributed by atoms with van der Waals surface area (Å²) in [5.41, 5.74) is 0.724. The number of furan rings is 1. The van der Waals surface area contributed by atoms with Gasteiger partial charge in [-0.05, 0) is 31.2 Å². The van der Waals surface area contributed by atoms with Gasteiger partial charge in [0.25, 0.3) is 0 Å². The Balaban J connectivity index is 1.74. The van der Waals surface area contributed by atoms with Crippen molar-refractivity contribution in [1.29, 1.82) is 0 Å². The molecule has 0 saturated carbocycles. The lowest BCUT2D eigenvalue weighted by Crippen LogP contribution is -2.23. The fourth-order valence-electron chi connectivity index (χ4n) is 2.02. The molecule has 3 aromatic rings. The largest absolute Gasteiger partial charge is 0.507 e. The Hall–Kier alpha value is -2.16. The molecule has 120 valence electrons. The van der Waals surface area contributed by atoms with Crippen LogP contribution in [-0.2, 0) is 16.6 Å². The second-order valence-electron chi connectivity index (χ2n) is 4.81. The summed E-state index contributed by atoms with van der Waals surface area (Å²) in [7, 11) is -3.81. The first-order valence-electron chi connectivity index (χ1n) is 6.74. The van der Waals surface area contributed by atoms with Crippen LogP contribution in [0.3, 0.4) is 0 Å². The third-order valence-electron chi connectivity index (χ3n) is 3.12. The van der Waals surface area contributed by atoms with E-state index in [0.717, 1.165) is 10.7 Å². The first-order chi connectivity index (χ1) is 11.0. The van der Waals surface area contributed by atoms with Crippen LogP contribution in [0.5, 0.6) is 5.75 Å². The highest BCUT2D eigenvalue weighted by atomic mass is 32.2. The van der Waals surface area contributed by atoms with Gasteiger partial charge in [0, 0.05) is 5.38 Å². The molecule has 23 heavy (non-hydrogen) atoms. The van der Waals surface area contributed by atoms with Crippen LogP contribution in [0, 0.1) is 6.92 Å². The number of hydrogen-bond donors (Lipinski definition) is 2. The van der Waals surface area contributed by atoms with Gasteiger partial charge in [-0.1, -0.05) is 12.1 Å². The standard InChI is InChI=1S/C15H14N2O4S2/c1-10-17-12(9-22-10)14-7-6-11(21-14)8-16-23(19,20)15-5-3-2-4-13(15)18/h2-7,9,16,18H,8H2,1H3. The summed E-state index contributed by atoms with van der Waals surface area (Å²) in [6.45, 7) is 1.89. The third-order valence-corrected chi connectivity index (χ3v) is 5.35. The average molecular weight is 350 g/mol. The van der Waals surface area contributed by atoms with Crippen molar-refractivity contribution < 1.29 is 17.9 Å². The fraction of sp³-hybridized carbons (Fsp3) is 0.133. The summed E-state index contributed by atoms with van der Waals surface area (Å²) in [4.78, 5) is 4.15. The van der Waals surface area contributed by atoms with Crippen LogP contribution in [0.2, 0.25) is 0 Å². The number of phenolic OH excluding ortho intramolecular Hbond substituents is 1. The van der Waals surface area contributed by atoms with Crippen molar-refractivity contribution in [1.82, 2.24) is 9.71 Å². The maximum atomic E-state index is 12.2. The molecular weight excluding hydrogens is 336 g/mol. The number of thiazole rings is 1. The van der Waals surface area contributed by atoms with Gasteiger partial charge in [-0.2, -0.15) is 0 Å². The highest BCUT2D eigenvalue weighted by Gasteiger charge is 2.18. The number of sulfonamides is 1. The lowest BCUT2D eigenvalue weighted by molar-refractivity contribution is 0.457. The zero-order valence-corrected chi connectivity index (χ0v) is 13.8. The van der Waals surface area contributed by atoms with Crippen molar-refractivity contribution in [3.8, 4) is 17.2 Å². The van der Waals surface area contributed by atoms with E-state index in [2.05, 4.69) is 9.71 Å². The molecule has 3 rings (SSSR count). The molecule has 0 saturated heterocycles. The molecule has 2 aromatic heterocycles. The van der Waals surface area contributed by atoms with Crippen molar-refractivity contribution >= 4 is 21.4 Å². The molecule has 0 unspecified atom stereocenters. The Morgan fingerprint density at radius 2 is 2.04 bits per heavy atom. The Kier molecular flexibility index (Phi) is 4.20. The fourth-order valence-corrected chi connectivity index (χ4v) is 3.71. The summed E-state index contributed by atoms with van der Waals surface area (Å²) in [5, 5.41) is 12.5. The molecule has 0 aliphatic carbocycles. The first-order valence-corrected chi connectivity index (χ1v) is 9.11. The van der Waals surface area contributed by atoms with Crippen LogP contribution in [0.15, 0.2) is 51.1 Å². The van der Waals surface area contributed by atoms with E-state index >= 15 is 0 Å². The maximum Gasteiger partial charge on any atom is 0.244 e. The van der Waals surface area contributed by atoms with Crippen LogP contribution < -0.4 is 4.72 Å². The number of aromatic hydroxyl groups is 1. The number of aromatic nitrogens is 1. The predicted molar refractivity (Wildman–Crippen MR) is 86.7 cm³/mol. The quantitative estimate of drug-likeness (QED) is 0.738. The molecule has 2 N–H and O–H groups in total. The minimum Gasteiger partial charge on any atom is -0.507 e. The van der Waals surface area contributed by atoms with Gasteiger partial charge in [0.15, 0.2) is 5.76 Å². The molecule has 0 aliphatic rings. The summed E-state index contributed by atoms with van der Waals surface area (Å²) < 4.78 is 32.4. The van der Waals surface area contributed by atoms with E-state index in [1.54, 1.807) is 24.3 Å². The molecule has 0 fully saturated rings. The molecule has 0 radical (unpaired) electrons. The van der Waals surface area contributed by atoms with Crippen LogP contribution >= 0.6 is 11.3 Å². The number of benzene rings is 1. The van der Waals surface area contributed by atoms with Gasteiger partial charge < -0.3 is 9.52 Å². The first kappa shape index (κ1) is 15.7. The van der Waals surface area contributed by atoms with E-state index in [0.29, 0.717) is 11.5 Å². The van der Waals surface area contributed by atoms with Crippen LogP contribution in [0.1, 0.15) is 10.8 Å². The van der Waals surface area contributed by atoms with Crippen LogP contribution in [0.25, 0.3) is 11.5 Å². The van der Waals surface area contributed by atoms with Crippen LogP contribution in [0.4, 0.5) is 0 Å². The van der Waals surface area contributed by atoms with E-state index in [1.165, 1.54) is 23.5 Å². The van der Waals surface area contributed by atoms with Gasteiger partial charge in [-0.15, -0.1) is 11.3 Å². The zero-order valence-electron chi connectivity index (χ0n) is 12.2. The highest BCUT2D eigenvalue weighted by Crippen LogP contribution is 2.25. The minimum atomic E-state index is -3.81. The topological polar surface area (TPSA) is 92.4 Å². The zero-order chi connectivity index (χ0) is 16.4. The molecule has 8 heteroatoms. The van der Waals surface area contributed by atoms with E-state index in [-0.39, 0.29) is 17.2 Å². The minimum absolute atomic E-state index is 0.0141. The maximum absolute atomic E-state index is 12.2. The van der Waals surface area contributed by atoms with Crippen molar-refractivity contribution in [2.75, 3.05) is 0 Å². The smallest absolute Gasteiger partial charge is 0.244 e. The number of para-hydroxylation sites is 1.